The Morgan fingerprint density at radius 1 is 1.48 bits per heavy atom. The Kier molecular flexibility index (Phi) is 5.21. The largest absolute Gasteiger partial charge is 0.493 e. The first kappa shape index (κ1) is 15.4. The highest BCUT2D eigenvalue weighted by Crippen LogP contribution is 2.36. The van der Waals surface area contributed by atoms with E-state index in [1.54, 1.807) is 12.5 Å². The van der Waals surface area contributed by atoms with Crippen LogP contribution in [0.4, 0.5) is 0 Å². The Morgan fingerprint density at radius 3 is 2.90 bits per heavy atom. The molecule has 0 aliphatic rings. The van der Waals surface area contributed by atoms with Crippen molar-refractivity contribution >= 4 is 21.9 Å². The van der Waals surface area contributed by atoms with E-state index in [4.69, 9.17) is 14.6 Å². The molecule has 0 unspecified atom stereocenters. The van der Waals surface area contributed by atoms with Crippen LogP contribution in [0.5, 0.6) is 11.5 Å². The molecule has 0 bridgehead atoms. The van der Waals surface area contributed by atoms with E-state index in [0.29, 0.717) is 22.6 Å². The van der Waals surface area contributed by atoms with E-state index >= 15 is 0 Å². The minimum atomic E-state index is -1.01. The van der Waals surface area contributed by atoms with E-state index < -0.39 is 5.97 Å². The lowest BCUT2D eigenvalue weighted by Gasteiger charge is -2.13. The zero-order valence-electron chi connectivity index (χ0n) is 11.5. The predicted octanol–water partition coefficient (Wildman–Crippen LogP) is 2.82. The number of aryl methyl sites for hydroxylation is 1. The van der Waals surface area contributed by atoms with Crippen molar-refractivity contribution in [2.24, 2.45) is 0 Å². The van der Waals surface area contributed by atoms with Gasteiger partial charge in [0, 0.05) is 18.9 Å². The number of benzene rings is 1. The third-order valence-corrected chi connectivity index (χ3v) is 3.43. The van der Waals surface area contributed by atoms with Crippen molar-refractivity contribution in [3.8, 4) is 11.5 Å². The van der Waals surface area contributed by atoms with Gasteiger partial charge in [0.15, 0.2) is 11.5 Å². The summed E-state index contributed by atoms with van der Waals surface area (Å²) in [5, 5.41) is 9.01. The molecule has 0 fully saturated rings. The smallest absolute Gasteiger partial charge is 0.335 e. The topological polar surface area (TPSA) is 73.6 Å². The molecule has 6 nitrogen and oxygen atoms in total. The number of rotatable bonds is 7. The van der Waals surface area contributed by atoms with Gasteiger partial charge < -0.3 is 19.1 Å². The van der Waals surface area contributed by atoms with Crippen molar-refractivity contribution in [2.45, 2.75) is 13.0 Å². The number of nitrogens with zero attached hydrogens (tertiary/aromatic N) is 2. The second-order valence-electron chi connectivity index (χ2n) is 4.30. The minimum Gasteiger partial charge on any atom is -0.493 e. The lowest BCUT2D eigenvalue weighted by molar-refractivity contribution is 0.0696. The molecule has 0 saturated heterocycles. The highest BCUT2D eigenvalue weighted by molar-refractivity contribution is 9.10. The molecule has 1 aromatic carbocycles. The van der Waals surface area contributed by atoms with Gasteiger partial charge >= 0.3 is 5.97 Å². The third-order valence-electron chi connectivity index (χ3n) is 2.84. The van der Waals surface area contributed by atoms with Gasteiger partial charge in [-0.2, -0.15) is 0 Å². The van der Waals surface area contributed by atoms with E-state index in [-0.39, 0.29) is 5.56 Å². The molecule has 0 aliphatic heterocycles. The Hall–Kier alpha value is -2.02. The van der Waals surface area contributed by atoms with E-state index in [9.17, 15) is 4.79 Å². The summed E-state index contributed by atoms with van der Waals surface area (Å²) in [6.07, 6.45) is 6.16. The number of halogens is 1. The van der Waals surface area contributed by atoms with Gasteiger partial charge in [0.2, 0.25) is 0 Å². The molecule has 2 aromatic rings. The fourth-order valence-electron chi connectivity index (χ4n) is 1.82. The molecule has 0 amide bonds. The Labute approximate surface area is 130 Å². The van der Waals surface area contributed by atoms with Gasteiger partial charge in [0.05, 0.1) is 30.1 Å². The van der Waals surface area contributed by atoms with Crippen LogP contribution < -0.4 is 9.47 Å². The van der Waals surface area contributed by atoms with Crippen LogP contribution in [-0.4, -0.2) is 34.3 Å². The molecule has 7 heteroatoms. The fraction of sp³-hybridized carbons (Fsp3) is 0.286. The number of aromatic nitrogens is 2. The van der Waals surface area contributed by atoms with E-state index in [2.05, 4.69) is 20.9 Å². The molecular formula is C14H15BrN2O4. The van der Waals surface area contributed by atoms with Crippen molar-refractivity contribution in [3.05, 3.63) is 40.9 Å². The maximum absolute atomic E-state index is 11.0. The van der Waals surface area contributed by atoms with Gasteiger partial charge in [-0.15, -0.1) is 0 Å². The number of carbonyl (C=O) groups is 1. The van der Waals surface area contributed by atoms with Crippen LogP contribution in [0.15, 0.2) is 35.3 Å². The number of hydrogen-bond acceptors (Lipinski definition) is 4. The molecule has 0 radical (unpaired) electrons. The molecule has 0 aliphatic carbocycles. The van der Waals surface area contributed by atoms with Crippen LogP contribution in [0.25, 0.3) is 0 Å². The van der Waals surface area contributed by atoms with Gasteiger partial charge in [-0.3, -0.25) is 0 Å². The van der Waals surface area contributed by atoms with Crippen LogP contribution in [0.2, 0.25) is 0 Å². The normalized spacial score (nSPS) is 10.4. The molecule has 0 spiro atoms. The summed E-state index contributed by atoms with van der Waals surface area (Å²) in [5.74, 6) is -0.113. The molecule has 2 rings (SSSR count). The van der Waals surface area contributed by atoms with Gasteiger partial charge in [-0.1, -0.05) is 0 Å². The van der Waals surface area contributed by atoms with Crippen LogP contribution >= 0.6 is 15.9 Å². The molecular weight excluding hydrogens is 340 g/mol. The Balaban J connectivity index is 2.00. The first-order valence-corrected chi connectivity index (χ1v) is 7.10. The van der Waals surface area contributed by atoms with Crippen molar-refractivity contribution in [2.75, 3.05) is 13.7 Å². The molecule has 21 heavy (non-hydrogen) atoms. The minimum absolute atomic E-state index is 0.143. The zero-order chi connectivity index (χ0) is 15.2. The van der Waals surface area contributed by atoms with Crippen molar-refractivity contribution in [3.63, 3.8) is 0 Å². The van der Waals surface area contributed by atoms with Crippen molar-refractivity contribution in [1.29, 1.82) is 0 Å². The molecule has 0 atom stereocenters. The number of hydrogen-bond donors (Lipinski definition) is 1. The lowest BCUT2D eigenvalue weighted by atomic mass is 10.2. The van der Waals surface area contributed by atoms with Crippen LogP contribution in [0.3, 0.4) is 0 Å². The van der Waals surface area contributed by atoms with Crippen molar-refractivity contribution in [1.82, 2.24) is 9.55 Å². The first-order chi connectivity index (χ1) is 10.1. The number of aromatic carboxylic acids is 1. The SMILES string of the molecule is COc1cc(C(=O)O)cc(Br)c1OCCCn1ccnc1. The van der Waals surface area contributed by atoms with Crippen LogP contribution in [-0.2, 0) is 6.54 Å². The quantitative estimate of drug-likeness (QED) is 0.774. The fourth-order valence-corrected chi connectivity index (χ4v) is 2.38. The predicted molar refractivity (Wildman–Crippen MR) is 80.0 cm³/mol. The number of carboxylic acids is 1. The third kappa shape index (κ3) is 3.98. The highest BCUT2D eigenvalue weighted by atomic mass is 79.9. The first-order valence-electron chi connectivity index (χ1n) is 6.31. The summed E-state index contributed by atoms with van der Waals surface area (Å²) in [4.78, 5) is 15.0. The average Bonchev–Trinajstić information content (AvgIpc) is 2.97. The monoisotopic (exact) mass is 354 g/mol. The second-order valence-corrected chi connectivity index (χ2v) is 5.15. The highest BCUT2D eigenvalue weighted by Gasteiger charge is 2.14. The number of methoxy groups -OCH3 is 1. The summed E-state index contributed by atoms with van der Waals surface area (Å²) >= 11 is 3.31. The maximum atomic E-state index is 11.0. The van der Waals surface area contributed by atoms with Crippen LogP contribution in [0, 0.1) is 0 Å². The Morgan fingerprint density at radius 2 is 2.29 bits per heavy atom. The number of ether oxygens (including phenoxy) is 2. The summed E-state index contributed by atoms with van der Waals surface area (Å²) in [5.41, 5.74) is 0.143. The second kappa shape index (κ2) is 7.12. The van der Waals surface area contributed by atoms with E-state index in [0.717, 1.165) is 13.0 Å². The van der Waals surface area contributed by atoms with Gasteiger partial charge in [0.25, 0.3) is 0 Å². The molecule has 1 heterocycles. The molecule has 0 saturated carbocycles. The standard InChI is InChI=1S/C14H15BrN2O4/c1-20-12-8-10(14(18)19)7-11(15)13(12)21-6-2-4-17-5-3-16-9-17/h3,5,7-9H,2,4,6H2,1H3,(H,18,19). The summed E-state index contributed by atoms with van der Waals surface area (Å²) in [7, 11) is 1.48. The van der Waals surface area contributed by atoms with E-state index in [1.807, 2.05) is 10.8 Å². The summed E-state index contributed by atoms with van der Waals surface area (Å²) in [6, 6.07) is 2.94. The average molecular weight is 355 g/mol. The maximum Gasteiger partial charge on any atom is 0.335 e. The van der Waals surface area contributed by atoms with Gasteiger partial charge in [-0.25, -0.2) is 9.78 Å². The van der Waals surface area contributed by atoms with Crippen LogP contribution in [0.1, 0.15) is 16.8 Å². The summed E-state index contributed by atoms with van der Waals surface area (Å²) < 4.78 is 13.4. The molecule has 1 aromatic heterocycles. The molecule has 1 N–H and O–H groups in total. The summed E-state index contributed by atoms with van der Waals surface area (Å²) in [6.45, 7) is 1.28. The van der Waals surface area contributed by atoms with E-state index in [1.165, 1.54) is 19.2 Å². The van der Waals surface area contributed by atoms with Crippen molar-refractivity contribution < 1.29 is 19.4 Å². The number of imidazole rings is 1. The number of carboxylic acid groups (broad SMARTS) is 1. The molecule has 112 valence electrons. The van der Waals surface area contributed by atoms with Gasteiger partial charge in [-0.05, 0) is 34.5 Å². The Bertz CT molecular complexity index is 614. The van der Waals surface area contributed by atoms with Gasteiger partial charge in [0.1, 0.15) is 0 Å². The lowest BCUT2D eigenvalue weighted by Crippen LogP contribution is -2.05. The zero-order valence-corrected chi connectivity index (χ0v) is 13.0.